The molecule has 0 radical (unpaired) electrons. The fourth-order valence-corrected chi connectivity index (χ4v) is 5.29. The number of hydrogen-bond donors (Lipinski definition) is 3. The molecular weight excluding hydrogens is 579 g/mol. The number of aliphatic hydroxyl groups excluding tert-OH is 1. The number of rotatable bonds is 12. The zero-order valence-corrected chi connectivity index (χ0v) is 24.9. The van der Waals surface area contributed by atoms with E-state index in [9.17, 15) is 18.8 Å². The molecule has 232 valence electrons. The highest BCUT2D eigenvalue weighted by Crippen LogP contribution is 2.21. The van der Waals surface area contributed by atoms with Crippen LogP contribution in [0.4, 0.5) is 9.18 Å². The molecule has 43 heavy (non-hydrogen) atoms. The SMILES string of the molecule is CC(=O)N(NCc1cccc(F)c1Cl)[C@@H](CCC(=O)N1CCN(CCO)CC1)CONC(=O)N1C=Cc2ccccc2C1. The maximum Gasteiger partial charge on any atom is 0.345 e. The zero-order valence-electron chi connectivity index (χ0n) is 24.2. The quantitative estimate of drug-likeness (QED) is 0.314. The molecule has 0 aromatic heterocycles. The van der Waals surface area contributed by atoms with Gasteiger partial charge < -0.3 is 10.0 Å². The number of benzene rings is 2. The van der Waals surface area contributed by atoms with E-state index >= 15 is 0 Å². The third-order valence-corrected chi connectivity index (χ3v) is 7.96. The van der Waals surface area contributed by atoms with E-state index in [-0.39, 0.29) is 49.4 Å². The highest BCUT2D eigenvalue weighted by Gasteiger charge is 2.27. The van der Waals surface area contributed by atoms with Crippen LogP contribution in [0.25, 0.3) is 6.08 Å². The summed E-state index contributed by atoms with van der Waals surface area (Å²) >= 11 is 6.11. The van der Waals surface area contributed by atoms with Crippen molar-refractivity contribution in [1.82, 2.24) is 30.6 Å². The molecule has 13 heteroatoms. The summed E-state index contributed by atoms with van der Waals surface area (Å²) in [6.45, 7) is 4.78. The molecule has 4 rings (SSSR count). The van der Waals surface area contributed by atoms with Gasteiger partial charge in [-0.15, -0.1) is 0 Å². The summed E-state index contributed by atoms with van der Waals surface area (Å²) in [6, 6.07) is 11.1. The number of β-amino-alcohol motifs (C(OH)–C–C–N with tert-alkyl or cyclic N) is 1. The van der Waals surface area contributed by atoms with Crippen molar-refractivity contribution >= 4 is 35.5 Å². The normalized spacial score (nSPS) is 15.6. The third kappa shape index (κ3) is 8.97. The van der Waals surface area contributed by atoms with Gasteiger partial charge in [-0.2, -0.15) is 0 Å². The fraction of sp³-hybridized carbons (Fsp3) is 0.433. The summed E-state index contributed by atoms with van der Waals surface area (Å²) in [7, 11) is 0. The minimum atomic E-state index is -0.651. The van der Waals surface area contributed by atoms with Crippen LogP contribution in [0.5, 0.6) is 0 Å². The molecule has 0 aliphatic carbocycles. The van der Waals surface area contributed by atoms with Gasteiger partial charge in [0, 0.05) is 58.8 Å². The Labute approximate surface area is 255 Å². The molecule has 4 amide bonds. The molecule has 2 aromatic carbocycles. The number of nitrogens with one attached hydrogen (secondary N) is 2. The molecule has 0 bridgehead atoms. The highest BCUT2D eigenvalue weighted by atomic mass is 35.5. The number of hydroxylamine groups is 1. The van der Waals surface area contributed by atoms with E-state index < -0.39 is 17.9 Å². The number of carbonyl (C=O) groups excluding carboxylic acids is 3. The molecule has 2 aliphatic heterocycles. The third-order valence-electron chi connectivity index (χ3n) is 7.53. The summed E-state index contributed by atoms with van der Waals surface area (Å²) in [5.41, 5.74) is 7.93. The molecule has 1 fully saturated rings. The van der Waals surface area contributed by atoms with Gasteiger partial charge in [-0.3, -0.25) is 29.2 Å². The first-order chi connectivity index (χ1) is 20.8. The van der Waals surface area contributed by atoms with Crippen LogP contribution < -0.4 is 10.9 Å². The number of aliphatic hydroxyl groups is 1. The van der Waals surface area contributed by atoms with Crippen molar-refractivity contribution in [3.8, 4) is 0 Å². The van der Waals surface area contributed by atoms with Crippen LogP contribution in [0, 0.1) is 5.82 Å². The van der Waals surface area contributed by atoms with Gasteiger partial charge in [-0.1, -0.05) is 48.0 Å². The summed E-state index contributed by atoms with van der Waals surface area (Å²) in [5, 5.41) is 10.4. The van der Waals surface area contributed by atoms with Crippen LogP contribution in [-0.4, -0.2) is 94.6 Å². The molecule has 2 aromatic rings. The van der Waals surface area contributed by atoms with Crippen molar-refractivity contribution in [2.24, 2.45) is 0 Å². The molecule has 0 spiro atoms. The average molecular weight is 617 g/mol. The Morgan fingerprint density at radius 3 is 2.63 bits per heavy atom. The molecule has 0 saturated carbocycles. The van der Waals surface area contributed by atoms with Gasteiger partial charge in [0.15, 0.2) is 0 Å². The first-order valence-corrected chi connectivity index (χ1v) is 14.7. The van der Waals surface area contributed by atoms with Crippen molar-refractivity contribution in [3.63, 3.8) is 0 Å². The van der Waals surface area contributed by atoms with Gasteiger partial charge in [-0.05, 0) is 35.3 Å². The number of fused-ring (bicyclic) bond motifs is 1. The number of amides is 4. The summed E-state index contributed by atoms with van der Waals surface area (Å²) in [4.78, 5) is 49.6. The first kappa shape index (κ1) is 32.4. The zero-order chi connectivity index (χ0) is 30.8. The van der Waals surface area contributed by atoms with Gasteiger partial charge in [0.05, 0.1) is 30.8 Å². The maximum atomic E-state index is 14.0. The lowest BCUT2D eigenvalue weighted by Crippen LogP contribution is -2.52. The van der Waals surface area contributed by atoms with E-state index in [0.717, 1.165) is 11.1 Å². The number of halogens is 2. The van der Waals surface area contributed by atoms with Crippen molar-refractivity contribution in [2.45, 2.75) is 38.9 Å². The van der Waals surface area contributed by atoms with Gasteiger partial charge in [-0.25, -0.2) is 20.1 Å². The predicted molar refractivity (Wildman–Crippen MR) is 159 cm³/mol. The fourth-order valence-electron chi connectivity index (χ4n) is 5.10. The van der Waals surface area contributed by atoms with Crippen molar-refractivity contribution < 1.29 is 28.7 Å². The van der Waals surface area contributed by atoms with Gasteiger partial charge in [0.1, 0.15) is 5.82 Å². The summed E-state index contributed by atoms with van der Waals surface area (Å²) in [6.07, 6.45) is 3.89. The number of hydrogen-bond acceptors (Lipinski definition) is 7. The number of urea groups is 1. The Kier molecular flexibility index (Phi) is 11.9. The van der Waals surface area contributed by atoms with E-state index in [1.54, 1.807) is 17.2 Å². The maximum absolute atomic E-state index is 14.0. The van der Waals surface area contributed by atoms with Crippen LogP contribution in [0.3, 0.4) is 0 Å². The largest absolute Gasteiger partial charge is 0.395 e. The van der Waals surface area contributed by atoms with Crippen molar-refractivity contribution in [3.05, 3.63) is 76.2 Å². The van der Waals surface area contributed by atoms with Gasteiger partial charge in [0.25, 0.3) is 0 Å². The predicted octanol–water partition coefficient (Wildman–Crippen LogP) is 2.75. The Balaban J connectivity index is 1.38. The molecule has 0 unspecified atom stereocenters. The lowest BCUT2D eigenvalue weighted by molar-refractivity contribution is -0.140. The van der Waals surface area contributed by atoms with E-state index in [4.69, 9.17) is 21.5 Å². The summed E-state index contributed by atoms with van der Waals surface area (Å²) < 4.78 is 14.0. The monoisotopic (exact) mass is 616 g/mol. The number of nitrogens with zero attached hydrogens (tertiary/aromatic N) is 4. The Hall–Kier alpha value is -3.55. The Morgan fingerprint density at radius 2 is 1.88 bits per heavy atom. The minimum Gasteiger partial charge on any atom is -0.395 e. The molecule has 2 heterocycles. The van der Waals surface area contributed by atoms with Crippen LogP contribution in [0.15, 0.2) is 48.7 Å². The minimum absolute atomic E-state index is 0.0507. The van der Waals surface area contributed by atoms with E-state index in [1.807, 2.05) is 30.3 Å². The van der Waals surface area contributed by atoms with Crippen LogP contribution in [-0.2, 0) is 27.5 Å². The lowest BCUT2D eigenvalue weighted by atomic mass is 10.0. The average Bonchev–Trinajstić information content (AvgIpc) is 3.01. The van der Waals surface area contributed by atoms with Gasteiger partial charge in [0.2, 0.25) is 11.8 Å². The van der Waals surface area contributed by atoms with E-state index in [0.29, 0.717) is 44.8 Å². The van der Waals surface area contributed by atoms with Gasteiger partial charge >= 0.3 is 6.03 Å². The standard InChI is InChI=1S/C30H38ClFN6O5/c1-22(40)38(33-19-24-7-4-8-27(32)29(24)31)26(9-10-28(41)36-15-13-35(14-16-36)17-18-39)21-43-34-30(42)37-12-11-23-5-2-3-6-25(23)20-37/h2-8,11-12,26,33,39H,9-10,13-21H2,1H3,(H,34,42)/t26-/m0/s1. The Morgan fingerprint density at radius 1 is 1.12 bits per heavy atom. The molecule has 1 atom stereocenters. The van der Waals surface area contributed by atoms with E-state index in [2.05, 4.69) is 15.8 Å². The topological polar surface area (TPSA) is 118 Å². The number of carbonyl (C=O) groups is 3. The molecule has 3 N–H and O–H groups in total. The first-order valence-electron chi connectivity index (χ1n) is 14.3. The van der Waals surface area contributed by atoms with Crippen molar-refractivity contribution in [1.29, 1.82) is 0 Å². The second-order valence-electron chi connectivity index (χ2n) is 10.4. The molecule has 1 saturated heterocycles. The lowest BCUT2D eigenvalue weighted by Gasteiger charge is -2.35. The highest BCUT2D eigenvalue weighted by molar-refractivity contribution is 6.31. The molecule has 11 nitrogen and oxygen atoms in total. The second-order valence-corrected chi connectivity index (χ2v) is 10.8. The molecular formula is C30H38ClFN6O5. The Bertz CT molecular complexity index is 1310. The van der Waals surface area contributed by atoms with Crippen LogP contribution in [0.1, 0.15) is 36.5 Å². The van der Waals surface area contributed by atoms with Crippen LogP contribution >= 0.6 is 11.6 Å². The smallest absolute Gasteiger partial charge is 0.345 e. The van der Waals surface area contributed by atoms with E-state index in [1.165, 1.54) is 29.0 Å². The van der Waals surface area contributed by atoms with Crippen molar-refractivity contribution in [2.75, 3.05) is 45.9 Å². The number of piperazine rings is 1. The van der Waals surface area contributed by atoms with Crippen LogP contribution in [0.2, 0.25) is 5.02 Å². The number of hydrazine groups is 1. The molecule has 2 aliphatic rings. The second kappa shape index (κ2) is 15.8. The summed E-state index contributed by atoms with van der Waals surface area (Å²) in [5.74, 6) is -0.989.